The van der Waals surface area contributed by atoms with Gasteiger partial charge in [-0.05, 0) is 30.0 Å². The minimum Gasteiger partial charge on any atom is -0.384 e. The lowest BCUT2D eigenvalue weighted by molar-refractivity contribution is 0.220. The van der Waals surface area contributed by atoms with Gasteiger partial charge in [0, 0.05) is 5.56 Å². The molecule has 2 aromatic carbocycles. The van der Waals surface area contributed by atoms with Crippen molar-refractivity contribution in [3.05, 3.63) is 69.2 Å². The first-order chi connectivity index (χ1) is 9.63. The van der Waals surface area contributed by atoms with Crippen molar-refractivity contribution >= 4 is 23.2 Å². The van der Waals surface area contributed by atoms with E-state index in [2.05, 4.69) is 19.1 Å². The molecule has 20 heavy (non-hydrogen) atoms. The Morgan fingerprint density at radius 2 is 1.75 bits per heavy atom. The van der Waals surface area contributed by atoms with E-state index in [0.29, 0.717) is 15.6 Å². The zero-order valence-electron chi connectivity index (χ0n) is 11.4. The van der Waals surface area contributed by atoms with E-state index in [9.17, 15) is 5.11 Å². The molecule has 106 valence electrons. The average molecular weight is 309 g/mol. The summed E-state index contributed by atoms with van der Waals surface area (Å²) in [5.41, 5.74) is 2.76. The summed E-state index contributed by atoms with van der Waals surface area (Å²) in [6.07, 6.45) is 2.69. The second-order valence-electron chi connectivity index (χ2n) is 4.89. The molecule has 0 spiro atoms. The number of halogens is 2. The van der Waals surface area contributed by atoms with Crippen LogP contribution in [0.25, 0.3) is 0 Å². The van der Waals surface area contributed by atoms with Gasteiger partial charge in [0.2, 0.25) is 0 Å². The highest BCUT2D eigenvalue weighted by Gasteiger charge is 2.15. The summed E-state index contributed by atoms with van der Waals surface area (Å²) in [5.74, 6) is 0. The van der Waals surface area contributed by atoms with Crippen LogP contribution in [0.5, 0.6) is 0 Å². The minimum atomic E-state index is -0.749. The number of aliphatic hydroxyl groups excluding tert-OH is 1. The molecule has 0 heterocycles. The van der Waals surface area contributed by atoms with E-state index in [1.165, 1.54) is 18.4 Å². The molecular weight excluding hydrogens is 291 g/mol. The van der Waals surface area contributed by atoms with Crippen molar-refractivity contribution in [3.63, 3.8) is 0 Å². The van der Waals surface area contributed by atoms with Crippen molar-refractivity contribution in [1.82, 2.24) is 0 Å². The normalized spacial score (nSPS) is 12.4. The second-order valence-corrected chi connectivity index (χ2v) is 5.68. The van der Waals surface area contributed by atoms with Gasteiger partial charge in [0.05, 0.1) is 10.0 Å². The molecule has 1 unspecified atom stereocenters. The Labute approximate surface area is 130 Å². The highest BCUT2D eigenvalue weighted by atomic mass is 35.5. The predicted octanol–water partition coefficient (Wildman–Crippen LogP) is 5.42. The van der Waals surface area contributed by atoms with Gasteiger partial charge < -0.3 is 5.11 Å². The highest BCUT2D eigenvalue weighted by Crippen LogP contribution is 2.33. The molecule has 0 aliphatic carbocycles. The minimum absolute atomic E-state index is 0.414. The van der Waals surface area contributed by atoms with Crippen LogP contribution in [0.4, 0.5) is 0 Å². The van der Waals surface area contributed by atoms with Crippen molar-refractivity contribution in [2.45, 2.75) is 32.3 Å². The molecule has 0 saturated carbocycles. The van der Waals surface area contributed by atoms with Crippen molar-refractivity contribution in [3.8, 4) is 0 Å². The maximum Gasteiger partial charge on any atom is 0.106 e. The number of hydrogen-bond donors (Lipinski definition) is 1. The van der Waals surface area contributed by atoms with Crippen LogP contribution in [-0.2, 0) is 6.42 Å². The summed E-state index contributed by atoms with van der Waals surface area (Å²) in [5, 5.41) is 11.3. The average Bonchev–Trinajstić information content (AvgIpc) is 2.48. The standard InChI is InChI=1S/C17H18Cl2O/c1-2-3-5-12-8-10-13(11-9-12)17(20)14-6-4-7-15(18)16(14)19/h4,6-11,17,20H,2-3,5H2,1H3. The summed E-state index contributed by atoms with van der Waals surface area (Å²) < 4.78 is 0. The number of aliphatic hydroxyl groups is 1. The molecule has 0 aromatic heterocycles. The fourth-order valence-electron chi connectivity index (χ4n) is 2.16. The first-order valence-electron chi connectivity index (χ1n) is 6.84. The Balaban J connectivity index is 2.20. The Morgan fingerprint density at radius 3 is 2.40 bits per heavy atom. The highest BCUT2D eigenvalue weighted by molar-refractivity contribution is 6.42. The van der Waals surface area contributed by atoms with E-state index in [-0.39, 0.29) is 0 Å². The third-order valence-electron chi connectivity index (χ3n) is 3.39. The zero-order chi connectivity index (χ0) is 14.5. The molecule has 0 bridgehead atoms. The van der Waals surface area contributed by atoms with E-state index in [1.807, 2.05) is 12.1 Å². The van der Waals surface area contributed by atoms with Crippen molar-refractivity contribution in [2.75, 3.05) is 0 Å². The first-order valence-corrected chi connectivity index (χ1v) is 7.60. The largest absolute Gasteiger partial charge is 0.384 e. The first kappa shape index (κ1) is 15.4. The summed E-state index contributed by atoms with van der Waals surface area (Å²) >= 11 is 12.1. The van der Waals surface area contributed by atoms with Crippen molar-refractivity contribution in [1.29, 1.82) is 0 Å². The summed E-state index contributed by atoms with van der Waals surface area (Å²) in [6.45, 7) is 2.18. The van der Waals surface area contributed by atoms with Gasteiger partial charge in [-0.25, -0.2) is 0 Å². The predicted molar refractivity (Wildman–Crippen MR) is 85.6 cm³/mol. The Bertz CT molecular complexity index is 564. The van der Waals surface area contributed by atoms with E-state index >= 15 is 0 Å². The van der Waals surface area contributed by atoms with Gasteiger partial charge >= 0.3 is 0 Å². The summed E-state index contributed by atoms with van der Waals surface area (Å²) in [7, 11) is 0. The fourth-order valence-corrected chi connectivity index (χ4v) is 2.57. The maximum atomic E-state index is 10.4. The van der Waals surface area contributed by atoms with Crippen LogP contribution < -0.4 is 0 Å². The quantitative estimate of drug-likeness (QED) is 0.782. The Hall–Kier alpha value is -1.02. The Morgan fingerprint density at radius 1 is 1.05 bits per heavy atom. The third kappa shape index (κ3) is 3.54. The van der Waals surface area contributed by atoms with Crippen LogP contribution in [-0.4, -0.2) is 5.11 Å². The van der Waals surface area contributed by atoms with Crippen molar-refractivity contribution in [2.24, 2.45) is 0 Å². The van der Waals surface area contributed by atoms with Crippen LogP contribution >= 0.6 is 23.2 Å². The topological polar surface area (TPSA) is 20.2 Å². The van der Waals surface area contributed by atoms with Crippen LogP contribution in [0.2, 0.25) is 10.0 Å². The van der Waals surface area contributed by atoms with Crippen LogP contribution in [0.1, 0.15) is 42.6 Å². The lowest BCUT2D eigenvalue weighted by atomic mass is 9.99. The van der Waals surface area contributed by atoms with Gasteiger partial charge in [-0.1, -0.05) is 72.9 Å². The van der Waals surface area contributed by atoms with E-state index in [0.717, 1.165) is 12.0 Å². The van der Waals surface area contributed by atoms with E-state index < -0.39 is 6.10 Å². The smallest absolute Gasteiger partial charge is 0.106 e. The van der Waals surface area contributed by atoms with Gasteiger partial charge in [0.1, 0.15) is 6.10 Å². The molecule has 0 saturated heterocycles. The van der Waals surface area contributed by atoms with Crippen LogP contribution in [0, 0.1) is 0 Å². The van der Waals surface area contributed by atoms with Gasteiger partial charge in [-0.15, -0.1) is 0 Å². The third-order valence-corrected chi connectivity index (χ3v) is 4.22. The number of unbranched alkanes of at least 4 members (excludes halogenated alkanes) is 1. The number of hydrogen-bond acceptors (Lipinski definition) is 1. The lowest BCUT2D eigenvalue weighted by Gasteiger charge is -2.14. The van der Waals surface area contributed by atoms with Crippen molar-refractivity contribution < 1.29 is 5.11 Å². The second kappa shape index (κ2) is 7.12. The molecule has 0 aliphatic rings. The number of aryl methyl sites for hydroxylation is 1. The monoisotopic (exact) mass is 308 g/mol. The molecule has 2 rings (SSSR count). The molecule has 0 radical (unpaired) electrons. The molecular formula is C17H18Cl2O. The SMILES string of the molecule is CCCCc1ccc(C(O)c2cccc(Cl)c2Cl)cc1. The molecule has 0 amide bonds. The summed E-state index contributed by atoms with van der Waals surface area (Å²) in [6, 6.07) is 13.3. The number of rotatable bonds is 5. The van der Waals surface area contributed by atoms with E-state index in [4.69, 9.17) is 23.2 Å². The van der Waals surface area contributed by atoms with Gasteiger partial charge in [-0.3, -0.25) is 0 Å². The Kier molecular flexibility index (Phi) is 5.47. The van der Waals surface area contributed by atoms with Gasteiger partial charge in [0.25, 0.3) is 0 Å². The molecule has 2 aromatic rings. The fraction of sp³-hybridized carbons (Fsp3) is 0.294. The molecule has 1 nitrogen and oxygen atoms in total. The zero-order valence-corrected chi connectivity index (χ0v) is 13.0. The molecule has 1 atom stereocenters. The van der Waals surface area contributed by atoms with Crippen LogP contribution in [0.15, 0.2) is 42.5 Å². The molecule has 3 heteroatoms. The van der Waals surface area contributed by atoms with E-state index in [1.54, 1.807) is 18.2 Å². The molecule has 0 aliphatic heterocycles. The maximum absolute atomic E-state index is 10.4. The van der Waals surface area contributed by atoms with Gasteiger partial charge in [-0.2, -0.15) is 0 Å². The molecule has 1 N–H and O–H groups in total. The number of benzene rings is 2. The van der Waals surface area contributed by atoms with Crippen LogP contribution in [0.3, 0.4) is 0 Å². The van der Waals surface area contributed by atoms with Gasteiger partial charge in [0.15, 0.2) is 0 Å². The summed E-state index contributed by atoms with van der Waals surface area (Å²) in [4.78, 5) is 0. The molecule has 0 fully saturated rings. The lowest BCUT2D eigenvalue weighted by Crippen LogP contribution is -2.01.